The van der Waals surface area contributed by atoms with Crippen molar-refractivity contribution in [2.24, 2.45) is 0 Å². The quantitative estimate of drug-likeness (QED) is 0.488. The first kappa shape index (κ1) is 16.4. The molecule has 2 aromatic carbocycles. The zero-order valence-corrected chi connectivity index (χ0v) is 15.3. The zero-order chi connectivity index (χ0) is 19.1. The van der Waals surface area contributed by atoms with Gasteiger partial charge in [-0.1, -0.05) is 55.5 Å². The van der Waals surface area contributed by atoms with E-state index in [0.717, 1.165) is 23.2 Å². The van der Waals surface area contributed by atoms with E-state index in [9.17, 15) is 4.79 Å². The van der Waals surface area contributed by atoms with Gasteiger partial charge in [0.05, 0.1) is 22.3 Å². The Balaban J connectivity index is 1.93. The van der Waals surface area contributed by atoms with Crippen molar-refractivity contribution in [1.82, 2.24) is 24.1 Å². The molecule has 0 aliphatic rings. The third kappa shape index (κ3) is 2.42. The lowest BCUT2D eigenvalue weighted by Gasteiger charge is -2.13. The average molecular weight is 367 g/mol. The van der Waals surface area contributed by atoms with Crippen molar-refractivity contribution in [3.63, 3.8) is 0 Å². The van der Waals surface area contributed by atoms with E-state index in [4.69, 9.17) is 0 Å². The van der Waals surface area contributed by atoms with Crippen LogP contribution < -0.4 is 5.56 Å². The highest BCUT2D eigenvalue weighted by Crippen LogP contribution is 2.26. The second-order valence-electron chi connectivity index (χ2n) is 6.53. The number of hydrogen-bond acceptors (Lipinski definition) is 4. The molecule has 136 valence electrons. The van der Waals surface area contributed by atoms with Gasteiger partial charge in [-0.15, -0.1) is 0 Å². The molecule has 0 N–H and O–H groups in total. The van der Waals surface area contributed by atoms with Gasteiger partial charge in [-0.25, -0.2) is 4.98 Å². The Hall–Kier alpha value is -3.80. The summed E-state index contributed by atoms with van der Waals surface area (Å²) in [6.07, 6.45) is 4.08. The van der Waals surface area contributed by atoms with Gasteiger partial charge in [0.1, 0.15) is 6.33 Å². The highest BCUT2D eigenvalue weighted by atomic mass is 16.1. The number of aromatic nitrogens is 5. The van der Waals surface area contributed by atoms with Crippen LogP contribution in [0.25, 0.3) is 33.6 Å². The number of nitrogens with zero attached hydrogens (tertiary/aromatic N) is 5. The molecule has 0 bridgehead atoms. The maximum Gasteiger partial charge on any atom is 0.266 e. The molecule has 0 atom stereocenters. The Kier molecular flexibility index (Phi) is 3.76. The molecule has 5 aromatic rings. The van der Waals surface area contributed by atoms with Crippen molar-refractivity contribution in [1.29, 1.82) is 0 Å². The van der Waals surface area contributed by atoms with Crippen LogP contribution in [0.5, 0.6) is 0 Å². The molecule has 0 radical (unpaired) electrons. The smallest absolute Gasteiger partial charge is 0.266 e. The molecule has 0 saturated carbocycles. The first-order chi connectivity index (χ1) is 13.8. The second-order valence-corrected chi connectivity index (χ2v) is 6.53. The fraction of sp³-hybridized carbons (Fsp3) is 0.0909. The maximum atomic E-state index is 13.6. The minimum atomic E-state index is -0.123. The van der Waals surface area contributed by atoms with Gasteiger partial charge < -0.3 is 0 Å². The minimum Gasteiger partial charge on any atom is -0.283 e. The van der Waals surface area contributed by atoms with Crippen molar-refractivity contribution in [3.05, 3.63) is 89.1 Å². The van der Waals surface area contributed by atoms with Crippen molar-refractivity contribution >= 4 is 16.7 Å². The fourth-order valence-electron chi connectivity index (χ4n) is 3.62. The molecule has 0 spiro atoms. The molecule has 0 unspecified atom stereocenters. The van der Waals surface area contributed by atoms with Crippen LogP contribution in [-0.2, 0) is 6.42 Å². The van der Waals surface area contributed by atoms with Gasteiger partial charge in [0.2, 0.25) is 0 Å². The molecule has 0 amide bonds. The van der Waals surface area contributed by atoms with Crippen LogP contribution in [0.2, 0.25) is 0 Å². The molecule has 0 saturated heterocycles. The maximum absolute atomic E-state index is 13.6. The fourth-order valence-corrected chi connectivity index (χ4v) is 3.62. The first-order valence-corrected chi connectivity index (χ1v) is 9.16. The third-order valence-corrected chi connectivity index (χ3v) is 4.95. The molecular weight excluding hydrogens is 350 g/mol. The molecular formula is C22H17N5O. The zero-order valence-electron chi connectivity index (χ0n) is 15.3. The SMILES string of the molecule is CCc1ccccc1-n1ccc2nc3ncnn3c(-c3ccccc3)c2c1=O. The van der Waals surface area contributed by atoms with E-state index in [2.05, 4.69) is 22.0 Å². The van der Waals surface area contributed by atoms with Gasteiger partial charge >= 0.3 is 0 Å². The molecule has 0 aliphatic heterocycles. The van der Waals surface area contributed by atoms with Crippen LogP contribution in [0.15, 0.2) is 78.0 Å². The van der Waals surface area contributed by atoms with Crippen molar-refractivity contribution in [3.8, 4) is 16.9 Å². The van der Waals surface area contributed by atoms with E-state index < -0.39 is 0 Å². The molecule has 6 heteroatoms. The summed E-state index contributed by atoms with van der Waals surface area (Å²) in [5.41, 5.74) is 4.07. The molecule has 0 aliphatic carbocycles. The molecule has 28 heavy (non-hydrogen) atoms. The molecule has 3 heterocycles. The lowest BCUT2D eigenvalue weighted by molar-refractivity contribution is 0.940. The van der Waals surface area contributed by atoms with Crippen molar-refractivity contribution in [2.75, 3.05) is 0 Å². The van der Waals surface area contributed by atoms with E-state index in [1.54, 1.807) is 15.3 Å². The van der Waals surface area contributed by atoms with Gasteiger partial charge in [-0.3, -0.25) is 9.36 Å². The standard InChI is InChI=1S/C22H17N5O/c1-2-15-8-6-7-11-18(15)26-13-12-17-19(21(26)28)20(16-9-4-3-5-10-16)27-22(25-17)23-14-24-27/h3-14H,2H2,1H3. The Morgan fingerprint density at radius 2 is 1.75 bits per heavy atom. The second kappa shape index (κ2) is 6.42. The lowest BCUT2D eigenvalue weighted by Crippen LogP contribution is -2.21. The summed E-state index contributed by atoms with van der Waals surface area (Å²) in [4.78, 5) is 22.4. The van der Waals surface area contributed by atoms with Crippen molar-refractivity contribution in [2.45, 2.75) is 13.3 Å². The van der Waals surface area contributed by atoms with E-state index in [1.165, 1.54) is 6.33 Å². The number of rotatable bonds is 3. The molecule has 6 nitrogen and oxygen atoms in total. The number of pyridine rings is 1. The Labute approximate surface area is 160 Å². The first-order valence-electron chi connectivity index (χ1n) is 9.16. The van der Waals surface area contributed by atoms with Gasteiger partial charge in [0.15, 0.2) is 0 Å². The van der Waals surface area contributed by atoms with Crippen LogP contribution in [0.1, 0.15) is 12.5 Å². The van der Waals surface area contributed by atoms with E-state index in [0.29, 0.717) is 22.4 Å². The van der Waals surface area contributed by atoms with Crippen LogP contribution >= 0.6 is 0 Å². The van der Waals surface area contributed by atoms with Crippen LogP contribution in [0.3, 0.4) is 0 Å². The van der Waals surface area contributed by atoms with Crippen LogP contribution in [-0.4, -0.2) is 24.1 Å². The minimum absolute atomic E-state index is 0.123. The average Bonchev–Trinajstić information content (AvgIpc) is 3.21. The monoisotopic (exact) mass is 367 g/mol. The van der Waals surface area contributed by atoms with Gasteiger partial charge in [0, 0.05) is 11.8 Å². The third-order valence-electron chi connectivity index (χ3n) is 4.95. The molecule has 3 aromatic heterocycles. The summed E-state index contributed by atoms with van der Waals surface area (Å²) in [5.74, 6) is 0.470. The van der Waals surface area contributed by atoms with E-state index in [-0.39, 0.29) is 5.56 Å². The van der Waals surface area contributed by atoms with Gasteiger partial charge in [0.25, 0.3) is 11.3 Å². The van der Waals surface area contributed by atoms with Gasteiger partial charge in [-0.2, -0.15) is 14.6 Å². The predicted molar refractivity (Wildman–Crippen MR) is 109 cm³/mol. The van der Waals surface area contributed by atoms with Crippen LogP contribution in [0.4, 0.5) is 0 Å². The summed E-state index contributed by atoms with van der Waals surface area (Å²) in [5, 5.41) is 4.84. The van der Waals surface area contributed by atoms with Crippen LogP contribution in [0, 0.1) is 0 Å². The number of fused-ring (bicyclic) bond motifs is 2. The Bertz CT molecular complexity index is 1370. The summed E-state index contributed by atoms with van der Waals surface area (Å²) < 4.78 is 3.33. The van der Waals surface area contributed by atoms with E-state index in [1.807, 2.05) is 60.7 Å². The van der Waals surface area contributed by atoms with Gasteiger partial charge in [-0.05, 0) is 24.1 Å². The lowest BCUT2D eigenvalue weighted by atomic mass is 10.1. The summed E-state index contributed by atoms with van der Waals surface area (Å²) in [7, 11) is 0. The number of benzene rings is 2. The summed E-state index contributed by atoms with van der Waals surface area (Å²) >= 11 is 0. The normalized spacial score (nSPS) is 11.3. The largest absolute Gasteiger partial charge is 0.283 e. The predicted octanol–water partition coefficient (Wildman–Crippen LogP) is 3.66. The highest BCUT2D eigenvalue weighted by molar-refractivity contribution is 5.93. The number of para-hydroxylation sites is 1. The summed E-state index contributed by atoms with van der Waals surface area (Å²) in [6.45, 7) is 2.08. The topological polar surface area (TPSA) is 65.1 Å². The van der Waals surface area contributed by atoms with E-state index >= 15 is 0 Å². The van der Waals surface area contributed by atoms with Crippen molar-refractivity contribution < 1.29 is 0 Å². The number of aryl methyl sites for hydroxylation is 1. The number of hydrogen-bond donors (Lipinski definition) is 0. The molecule has 5 rings (SSSR count). The summed E-state index contributed by atoms with van der Waals surface area (Å²) in [6, 6.07) is 19.6. The Morgan fingerprint density at radius 3 is 2.57 bits per heavy atom. The Morgan fingerprint density at radius 1 is 0.964 bits per heavy atom. The highest BCUT2D eigenvalue weighted by Gasteiger charge is 2.17. The molecule has 0 fully saturated rings.